The van der Waals surface area contributed by atoms with E-state index in [9.17, 15) is 9.59 Å². The van der Waals surface area contributed by atoms with Gasteiger partial charge in [0.05, 0.1) is 10.8 Å². The number of rotatable bonds is 2. The summed E-state index contributed by atoms with van der Waals surface area (Å²) in [5.74, 6) is 2.31. The van der Waals surface area contributed by atoms with Gasteiger partial charge in [-0.25, -0.2) is 0 Å². The van der Waals surface area contributed by atoms with E-state index in [0.717, 1.165) is 42.9 Å². The number of ether oxygens (including phenoxy) is 1. The molecule has 2 unspecified atom stereocenters. The molecule has 2 bridgehead atoms. The van der Waals surface area contributed by atoms with E-state index < -0.39 is 10.8 Å². The molecule has 4 atom stereocenters. The summed E-state index contributed by atoms with van der Waals surface area (Å²) in [6, 6.07) is 0. The SMILES string of the molecule is CCC[C@H]1C[C@@]2(CCC3CC2C3(C)C)OC2=C1C(=O)C(C)(C)C(=O)C2(C)C. The summed E-state index contributed by atoms with van der Waals surface area (Å²) in [4.78, 5) is 26.6. The van der Waals surface area contributed by atoms with Gasteiger partial charge in [-0.05, 0) is 77.0 Å². The zero-order valence-electron chi connectivity index (χ0n) is 18.2. The van der Waals surface area contributed by atoms with Crippen LogP contribution in [0.1, 0.15) is 87.0 Å². The maximum Gasteiger partial charge on any atom is 0.175 e. The highest BCUT2D eigenvalue weighted by Gasteiger charge is 2.66. The lowest BCUT2D eigenvalue weighted by molar-refractivity contribution is -0.230. The van der Waals surface area contributed by atoms with Gasteiger partial charge >= 0.3 is 0 Å². The molecule has 3 nitrogen and oxygen atoms in total. The Labute approximate surface area is 164 Å². The molecule has 5 aliphatic rings. The second-order valence-corrected chi connectivity index (χ2v) is 11.4. The van der Waals surface area contributed by atoms with Crippen LogP contribution in [-0.4, -0.2) is 17.2 Å². The van der Waals surface area contributed by atoms with E-state index in [1.807, 2.05) is 13.8 Å². The minimum atomic E-state index is -0.949. The Balaban J connectivity index is 1.85. The molecule has 0 saturated heterocycles. The van der Waals surface area contributed by atoms with E-state index >= 15 is 0 Å². The average molecular weight is 373 g/mol. The molecule has 150 valence electrons. The number of Topliss-reactive ketones (excluding diaryl/α,β-unsaturated/α-hetero) is 2. The Hall–Kier alpha value is -1.12. The Kier molecular flexibility index (Phi) is 3.90. The molecule has 0 radical (unpaired) electrons. The van der Waals surface area contributed by atoms with Gasteiger partial charge in [0.2, 0.25) is 0 Å². The number of ketones is 2. The monoisotopic (exact) mass is 372 g/mol. The van der Waals surface area contributed by atoms with Crippen molar-refractivity contribution in [2.45, 2.75) is 92.6 Å². The average Bonchev–Trinajstić information content (AvgIpc) is 2.59. The first-order chi connectivity index (χ1) is 12.4. The molecule has 0 aromatic carbocycles. The smallest absolute Gasteiger partial charge is 0.175 e. The number of allylic oxidation sites excluding steroid dienone is 2. The minimum absolute atomic E-state index is 0.00704. The fourth-order valence-electron chi connectivity index (χ4n) is 7.03. The van der Waals surface area contributed by atoms with Crippen molar-refractivity contribution in [1.82, 2.24) is 0 Å². The van der Waals surface area contributed by atoms with Gasteiger partial charge in [0.25, 0.3) is 0 Å². The molecule has 5 rings (SSSR count). The third-order valence-electron chi connectivity index (χ3n) is 8.72. The number of carbonyl (C=O) groups is 2. The molecule has 0 aromatic heterocycles. The van der Waals surface area contributed by atoms with Crippen LogP contribution in [-0.2, 0) is 14.3 Å². The predicted octanol–water partition coefficient (Wildman–Crippen LogP) is 5.48. The first kappa shape index (κ1) is 19.2. The number of hydrogen-bond acceptors (Lipinski definition) is 3. The van der Waals surface area contributed by atoms with Crippen molar-refractivity contribution in [2.24, 2.45) is 34.0 Å². The molecule has 3 fully saturated rings. The van der Waals surface area contributed by atoms with Crippen LogP contribution in [0.3, 0.4) is 0 Å². The lowest BCUT2D eigenvalue weighted by atomic mass is 9.42. The summed E-state index contributed by atoms with van der Waals surface area (Å²) in [7, 11) is 0. The van der Waals surface area contributed by atoms with Crippen molar-refractivity contribution in [2.75, 3.05) is 0 Å². The molecule has 1 heterocycles. The van der Waals surface area contributed by atoms with Gasteiger partial charge in [-0.3, -0.25) is 9.59 Å². The van der Waals surface area contributed by atoms with Crippen molar-refractivity contribution < 1.29 is 14.3 Å². The summed E-state index contributed by atoms with van der Waals surface area (Å²) < 4.78 is 6.87. The van der Waals surface area contributed by atoms with Gasteiger partial charge in [0.1, 0.15) is 11.4 Å². The first-order valence-electron chi connectivity index (χ1n) is 10.9. The van der Waals surface area contributed by atoms with Crippen LogP contribution in [0.25, 0.3) is 0 Å². The van der Waals surface area contributed by atoms with E-state index in [1.165, 1.54) is 12.8 Å². The lowest BCUT2D eigenvalue weighted by Crippen LogP contribution is -2.65. The Morgan fingerprint density at radius 1 is 1.04 bits per heavy atom. The van der Waals surface area contributed by atoms with Gasteiger partial charge in [-0.15, -0.1) is 0 Å². The lowest BCUT2D eigenvalue weighted by Gasteiger charge is -2.67. The number of carbonyl (C=O) groups excluding carboxylic acids is 2. The molecule has 0 aromatic rings. The largest absolute Gasteiger partial charge is 0.490 e. The van der Waals surface area contributed by atoms with Crippen molar-refractivity contribution in [3.63, 3.8) is 0 Å². The highest BCUT2D eigenvalue weighted by Crippen LogP contribution is 2.68. The summed E-state index contributed by atoms with van der Waals surface area (Å²) >= 11 is 0. The zero-order chi connectivity index (χ0) is 20.0. The Morgan fingerprint density at radius 3 is 2.26 bits per heavy atom. The van der Waals surface area contributed by atoms with Crippen LogP contribution in [0.4, 0.5) is 0 Å². The molecular formula is C24H36O3. The normalized spacial score (nSPS) is 41.1. The van der Waals surface area contributed by atoms with E-state index in [4.69, 9.17) is 4.74 Å². The van der Waals surface area contributed by atoms with Crippen molar-refractivity contribution >= 4 is 11.6 Å². The molecule has 4 aliphatic carbocycles. The third-order valence-corrected chi connectivity index (χ3v) is 8.72. The van der Waals surface area contributed by atoms with E-state index in [-0.39, 0.29) is 23.1 Å². The molecule has 1 spiro atoms. The Bertz CT molecular complexity index is 737. The van der Waals surface area contributed by atoms with Gasteiger partial charge in [-0.2, -0.15) is 0 Å². The van der Waals surface area contributed by atoms with Crippen LogP contribution < -0.4 is 0 Å². The molecule has 1 aliphatic heterocycles. The summed E-state index contributed by atoms with van der Waals surface area (Å²) in [5.41, 5.74) is -0.710. The highest BCUT2D eigenvalue weighted by atomic mass is 16.5. The molecule has 0 amide bonds. The highest BCUT2D eigenvalue weighted by molar-refractivity contribution is 6.19. The maximum atomic E-state index is 13.4. The van der Waals surface area contributed by atoms with E-state index in [1.54, 1.807) is 13.8 Å². The summed E-state index contributed by atoms with van der Waals surface area (Å²) in [6.45, 7) is 14.5. The van der Waals surface area contributed by atoms with Crippen LogP contribution >= 0.6 is 0 Å². The fourth-order valence-corrected chi connectivity index (χ4v) is 7.03. The Morgan fingerprint density at radius 2 is 1.70 bits per heavy atom. The number of hydrogen-bond donors (Lipinski definition) is 0. The molecule has 27 heavy (non-hydrogen) atoms. The molecule has 0 N–H and O–H groups in total. The van der Waals surface area contributed by atoms with E-state index in [2.05, 4.69) is 20.8 Å². The van der Waals surface area contributed by atoms with Gasteiger partial charge in [0, 0.05) is 11.5 Å². The summed E-state index contributed by atoms with van der Waals surface area (Å²) in [6.07, 6.45) is 6.53. The van der Waals surface area contributed by atoms with Crippen LogP contribution in [0.15, 0.2) is 11.3 Å². The van der Waals surface area contributed by atoms with Crippen molar-refractivity contribution in [3.05, 3.63) is 11.3 Å². The quantitative estimate of drug-likeness (QED) is 0.603. The minimum Gasteiger partial charge on any atom is -0.490 e. The van der Waals surface area contributed by atoms with Crippen LogP contribution in [0, 0.1) is 34.0 Å². The third kappa shape index (κ3) is 2.26. The second-order valence-electron chi connectivity index (χ2n) is 11.4. The standard InChI is InChI=1S/C24H36O3/c1-8-9-14-13-24(11-10-15-12-16(24)21(15,2)3)27-19-17(14)18(25)22(4,5)20(26)23(19,6)7/h14-16H,8-13H2,1-7H3/t14-,15?,16?,24+/m0/s1. The topological polar surface area (TPSA) is 43.4 Å². The van der Waals surface area contributed by atoms with Gasteiger partial charge in [0.15, 0.2) is 11.6 Å². The van der Waals surface area contributed by atoms with Gasteiger partial charge < -0.3 is 4.74 Å². The van der Waals surface area contributed by atoms with Crippen molar-refractivity contribution in [3.8, 4) is 0 Å². The molecule has 3 saturated carbocycles. The summed E-state index contributed by atoms with van der Waals surface area (Å²) in [5, 5.41) is 0. The number of fused-ring (bicyclic) bond motifs is 1. The van der Waals surface area contributed by atoms with Crippen LogP contribution in [0.5, 0.6) is 0 Å². The maximum absolute atomic E-state index is 13.4. The van der Waals surface area contributed by atoms with Gasteiger partial charge in [-0.1, -0.05) is 27.2 Å². The fraction of sp³-hybridized carbons (Fsp3) is 0.833. The first-order valence-corrected chi connectivity index (χ1v) is 10.9. The second kappa shape index (κ2) is 5.48. The van der Waals surface area contributed by atoms with Crippen LogP contribution in [0.2, 0.25) is 0 Å². The van der Waals surface area contributed by atoms with E-state index in [0.29, 0.717) is 11.3 Å². The van der Waals surface area contributed by atoms with Crippen molar-refractivity contribution in [1.29, 1.82) is 0 Å². The molecule has 3 heteroatoms. The zero-order valence-corrected chi connectivity index (χ0v) is 18.2. The predicted molar refractivity (Wildman–Crippen MR) is 106 cm³/mol. The molecular weight excluding hydrogens is 336 g/mol.